The van der Waals surface area contributed by atoms with Crippen molar-refractivity contribution in [2.45, 2.75) is 0 Å². The van der Waals surface area contributed by atoms with Gasteiger partial charge in [0.15, 0.2) is 10.9 Å². The number of carbonyl (C=O) groups excluding carboxylic acids is 1. The maximum Gasteiger partial charge on any atom is 0.251 e. The fourth-order valence-electron chi connectivity index (χ4n) is 3.49. The van der Waals surface area contributed by atoms with Gasteiger partial charge in [0.2, 0.25) is 0 Å². The summed E-state index contributed by atoms with van der Waals surface area (Å²) in [5.41, 5.74) is 1.49. The molecule has 2 aromatic carbocycles. The predicted octanol–water partition coefficient (Wildman–Crippen LogP) is 4.27. The monoisotopic (exact) mass is 508 g/mol. The van der Waals surface area contributed by atoms with Gasteiger partial charge in [-0.25, -0.2) is 4.98 Å². The van der Waals surface area contributed by atoms with Gasteiger partial charge in [0.1, 0.15) is 5.52 Å². The number of fused-ring (bicyclic) bond motifs is 1. The zero-order valence-electron chi connectivity index (χ0n) is 16.5. The SMILES string of the molecule is COc1c(Cl)ccc2sc(N3CCN(CCNC(=O)c4cccc(Br)c4)CC3)nc12. The van der Waals surface area contributed by atoms with Gasteiger partial charge in [0, 0.05) is 49.3 Å². The number of hydrogen-bond acceptors (Lipinski definition) is 6. The molecule has 1 fully saturated rings. The number of hydrogen-bond donors (Lipinski definition) is 1. The number of nitrogens with zero attached hydrogens (tertiary/aromatic N) is 3. The minimum atomic E-state index is -0.0444. The van der Waals surface area contributed by atoms with Crippen molar-refractivity contribution in [3.8, 4) is 5.75 Å². The van der Waals surface area contributed by atoms with Gasteiger partial charge in [0.25, 0.3) is 5.91 Å². The molecule has 1 saturated heterocycles. The third-order valence-electron chi connectivity index (χ3n) is 5.10. The summed E-state index contributed by atoms with van der Waals surface area (Å²) in [5.74, 6) is 0.591. The first-order valence-corrected chi connectivity index (χ1v) is 11.7. The number of amides is 1. The molecule has 1 N–H and O–H groups in total. The number of piperazine rings is 1. The number of aromatic nitrogens is 1. The Kier molecular flexibility index (Phi) is 6.77. The zero-order chi connectivity index (χ0) is 21.1. The molecule has 0 saturated carbocycles. The average molecular weight is 510 g/mol. The van der Waals surface area contributed by atoms with E-state index in [1.54, 1.807) is 18.4 Å². The topological polar surface area (TPSA) is 57.7 Å². The summed E-state index contributed by atoms with van der Waals surface area (Å²) in [6, 6.07) is 11.3. The number of benzene rings is 2. The van der Waals surface area contributed by atoms with Crippen LogP contribution in [-0.4, -0.2) is 62.2 Å². The number of thiazole rings is 1. The third-order valence-corrected chi connectivity index (χ3v) is 6.97. The number of halogens is 2. The van der Waals surface area contributed by atoms with Gasteiger partial charge in [-0.1, -0.05) is 44.9 Å². The molecule has 0 spiro atoms. The Labute approximate surface area is 192 Å². The number of rotatable bonds is 6. The lowest BCUT2D eigenvalue weighted by Crippen LogP contribution is -2.48. The second-order valence-electron chi connectivity index (χ2n) is 7.02. The highest BCUT2D eigenvalue weighted by Crippen LogP contribution is 2.38. The van der Waals surface area contributed by atoms with E-state index < -0.39 is 0 Å². The van der Waals surface area contributed by atoms with Gasteiger partial charge < -0.3 is 15.0 Å². The van der Waals surface area contributed by atoms with Crippen molar-refractivity contribution in [3.05, 3.63) is 51.5 Å². The van der Waals surface area contributed by atoms with E-state index in [-0.39, 0.29) is 5.91 Å². The van der Waals surface area contributed by atoms with Crippen LogP contribution in [0.4, 0.5) is 5.13 Å². The molecule has 0 radical (unpaired) electrons. The smallest absolute Gasteiger partial charge is 0.251 e. The number of ether oxygens (including phenoxy) is 1. The minimum Gasteiger partial charge on any atom is -0.493 e. The van der Waals surface area contributed by atoms with Gasteiger partial charge in [-0.15, -0.1) is 0 Å². The molecule has 2 heterocycles. The summed E-state index contributed by atoms with van der Waals surface area (Å²) in [7, 11) is 1.62. The second kappa shape index (κ2) is 9.51. The maximum atomic E-state index is 12.3. The van der Waals surface area contributed by atoms with Gasteiger partial charge in [-0.3, -0.25) is 9.69 Å². The van der Waals surface area contributed by atoms with Crippen LogP contribution in [-0.2, 0) is 0 Å². The Morgan fingerprint density at radius 1 is 1.27 bits per heavy atom. The largest absolute Gasteiger partial charge is 0.493 e. The van der Waals surface area contributed by atoms with Crippen LogP contribution in [0.15, 0.2) is 40.9 Å². The summed E-state index contributed by atoms with van der Waals surface area (Å²) in [6.45, 7) is 5.12. The minimum absolute atomic E-state index is 0.0444. The number of carbonyl (C=O) groups is 1. The molecule has 4 rings (SSSR count). The summed E-state index contributed by atoms with van der Waals surface area (Å²) in [5, 5.41) is 4.57. The Morgan fingerprint density at radius 2 is 2.07 bits per heavy atom. The van der Waals surface area contributed by atoms with Crippen molar-refractivity contribution in [1.82, 2.24) is 15.2 Å². The van der Waals surface area contributed by atoms with Crippen molar-refractivity contribution in [1.29, 1.82) is 0 Å². The van der Waals surface area contributed by atoms with Crippen molar-refractivity contribution in [3.63, 3.8) is 0 Å². The average Bonchev–Trinajstić information content (AvgIpc) is 3.18. The third kappa shape index (κ3) is 4.72. The van der Waals surface area contributed by atoms with Crippen LogP contribution in [0.5, 0.6) is 5.75 Å². The van der Waals surface area contributed by atoms with Crippen molar-refractivity contribution < 1.29 is 9.53 Å². The van der Waals surface area contributed by atoms with Crippen molar-refractivity contribution >= 4 is 60.1 Å². The van der Waals surface area contributed by atoms with E-state index in [0.29, 0.717) is 22.9 Å². The van der Waals surface area contributed by atoms with Crippen LogP contribution in [0.3, 0.4) is 0 Å². The molecule has 158 valence electrons. The Hall–Kier alpha value is -1.87. The highest BCUT2D eigenvalue weighted by molar-refractivity contribution is 9.10. The van der Waals surface area contributed by atoms with Crippen LogP contribution in [0.1, 0.15) is 10.4 Å². The lowest BCUT2D eigenvalue weighted by atomic mass is 10.2. The molecule has 9 heteroatoms. The maximum absolute atomic E-state index is 12.3. The molecule has 0 atom stereocenters. The molecule has 3 aromatic rings. The first-order chi connectivity index (χ1) is 14.5. The summed E-state index contributed by atoms with van der Waals surface area (Å²) < 4.78 is 7.40. The number of anilines is 1. The Bertz CT molecular complexity index is 1050. The summed E-state index contributed by atoms with van der Waals surface area (Å²) in [4.78, 5) is 21.7. The number of nitrogens with one attached hydrogen (secondary N) is 1. The van der Waals surface area contributed by atoms with Gasteiger partial charge >= 0.3 is 0 Å². The van der Waals surface area contributed by atoms with E-state index in [2.05, 4.69) is 31.0 Å². The lowest BCUT2D eigenvalue weighted by molar-refractivity contribution is 0.0947. The van der Waals surface area contributed by atoms with Crippen LogP contribution in [0.2, 0.25) is 5.02 Å². The predicted molar refractivity (Wildman–Crippen MR) is 126 cm³/mol. The lowest BCUT2D eigenvalue weighted by Gasteiger charge is -2.34. The molecular formula is C21H22BrClN4O2S. The van der Waals surface area contributed by atoms with Crippen LogP contribution in [0.25, 0.3) is 10.2 Å². The van der Waals surface area contributed by atoms with E-state index >= 15 is 0 Å². The van der Waals surface area contributed by atoms with Gasteiger partial charge in [-0.2, -0.15) is 0 Å². The van der Waals surface area contributed by atoms with Crippen LogP contribution >= 0.6 is 38.9 Å². The molecular weight excluding hydrogens is 488 g/mol. The molecule has 1 aromatic heterocycles. The Balaban J connectivity index is 1.29. The standard InChI is InChI=1S/C21H22BrClN4O2S/c1-29-19-16(23)5-6-17-18(19)25-21(30-17)27-11-9-26(10-12-27)8-7-24-20(28)14-3-2-4-15(22)13-14/h2-6,13H,7-12H2,1H3,(H,24,28). The first-order valence-electron chi connectivity index (χ1n) is 9.69. The highest BCUT2D eigenvalue weighted by atomic mass is 79.9. The van der Waals surface area contributed by atoms with E-state index in [0.717, 1.165) is 52.5 Å². The molecule has 6 nitrogen and oxygen atoms in total. The molecule has 0 aliphatic carbocycles. The van der Waals surface area contributed by atoms with E-state index in [4.69, 9.17) is 21.3 Å². The summed E-state index contributed by atoms with van der Waals surface area (Å²) >= 11 is 11.3. The fourth-order valence-corrected chi connectivity index (χ4v) is 5.13. The van der Waals surface area contributed by atoms with Crippen LogP contribution in [0, 0.1) is 0 Å². The highest BCUT2D eigenvalue weighted by Gasteiger charge is 2.21. The second-order valence-corrected chi connectivity index (χ2v) is 9.35. The molecule has 0 unspecified atom stereocenters. The molecule has 0 bridgehead atoms. The Morgan fingerprint density at radius 3 is 2.80 bits per heavy atom. The molecule has 1 aliphatic heterocycles. The molecule has 1 aliphatic rings. The van der Waals surface area contributed by atoms with E-state index in [9.17, 15) is 4.79 Å². The summed E-state index contributed by atoms with van der Waals surface area (Å²) in [6.07, 6.45) is 0. The fraction of sp³-hybridized carbons (Fsp3) is 0.333. The van der Waals surface area contributed by atoms with Crippen LogP contribution < -0.4 is 15.0 Å². The zero-order valence-corrected chi connectivity index (χ0v) is 19.7. The normalized spacial score (nSPS) is 14.8. The van der Waals surface area contributed by atoms with Crippen molar-refractivity contribution in [2.24, 2.45) is 0 Å². The first kappa shape index (κ1) is 21.4. The molecule has 30 heavy (non-hydrogen) atoms. The number of methoxy groups -OCH3 is 1. The van der Waals surface area contributed by atoms with Gasteiger partial charge in [0.05, 0.1) is 16.8 Å². The quantitative estimate of drug-likeness (QED) is 0.538. The van der Waals surface area contributed by atoms with E-state index in [1.807, 2.05) is 36.4 Å². The van der Waals surface area contributed by atoms with Crippen molar-refractivity contribution in [2.75, 3.05) is 51.3 Å². The molecule has 1 amide bonds. The van der Waals surface area contributed by atoms with E-state index in [1.165, 1.54) is 0 Å². The van der Waals surface area contributed by atoms with Gasteiger partial charge in [-0.05, 0) is 30.3 Å².